The van der Waals surface area contributed by atoms with Crippen molar-refractivity contribution in [1.82, 2.24) is 0 Å². The Morgan fingerprint density at radius 2 is 1.52 bits per heavy atom. The average molecular weight is 347 g/mol. The molecule has 0 atom stereocenters. The summed E-state index contributed by atoms with van der Waals surface area (Å²) >= 11 is 12.2. The van der Waals surface area contributed by atoms with Gasteiger partial charge in [-0.1, -0.05) is 29.3 Å². The minimum atomic E-state index is -0.301. The van der Waals surface area contributed by atoms with Gasteiger partial charge in [0.2, 0.25) is 0 Å². The molecule has 0 aliphatic heterocycles. The van der Waals surface area contributed by atoms with Crippen LogP contribution in [0.2, 0.25) is 10.0 Å². The molecule has 1 aromatic heterocycles. The van der Waals surface area contributed by atoms with Crippen molar-refractivity contribution in [3.63, 3.8) is 0 Å². The molecular formula is C17H12Cl2N2O2. The topological polar surface area (TPSA) is 54.3 Å². The van der Waals surface area contributed by atoms with Crippen molar-refractivity contribution in [2.24, 2.45) is 0 Å². The van der Waals surface area contributed by atoms with E-state index < -0.39 is 0 Å². The number of amides is 1. The van der Waals surface area contributed by atoms with E-state index in [0.717, 1.165) is 5.69 Å². The summed E-state index contributed by atoms with van der Waals surface area (Å²) in [4.78, 5) is 11.9. The predicted octanol–water partition coefficient (Wildman–Crippen LogP) is 5.58. The van der Waals surface area contributed by atoms with Gasteiger partial charge in [-0.15, -0.1) is 0 Å². The number of rotatable bonds is 4. The molecule has 2 N–H and O–H groups in total. The first-order valence-corrected chi connectivity index (χ1v) is 7.55. The standard InChI is InChI=1S/C17H12Cl2N2O2/c18-13-3-1-4-14(19)16(13)20-11-6-8-12(9-7-11)21-17(22)15-5-2-10-23-15/h1-10,20H,(H,21,22). The van der Waals surface area contributed by atoms with Crippen LogP contribution in [-0.2, 0) is 0 Å². The Kier molecular flexibility index (Phi) is 4.55. The molecule has 1 amide bonds. The number of carbonyl (C=O) groups is 1. The summed E-state index contributed by atoms with van der Waals surface area (Å²) < 4.78 is 5.04. The van der Waals surface area contributed by atoms with Crippen LogP contribution in [0.4, 0.5) is 17.1 Å². The summed E-state index contributed by atoms with van der Waals surface area (Å²) in [5.41, 5.74) is 2.10. The first-order chi connectivity index (χ1) is 11.1. The highest BCUT2D eigenvalue weighted by atomic mass is 35.5. The molecule has 116 valence electrons. The van der Waals surface area contributed by atoms with E-state index in [1.54, 1.807) is 42.5 Å². The van der Waals surface area contributed by atoms with Gasteiger partial charge < -0.3 is 15.1 Å². The Hall–Kier alpha value is -2.43. The Bertz CT molecular complexity index is 795. The predicted molar refractivity (Wildman–Crippen MR) is 92.8 cm³/mol. The third kappa shape index (κ3) is 3.67. The molecule has 0 saturated heterocycles. The van der Waals surface area contributed by atoms with Crippen LogP contribution in [0, 0.1) is 0 Å². The normalized spacial score (nSPS) is 10.3. The molecule has 0 radical (unpaired) electrons. The lowest BCUT2D eigenvalue weighted by Gasteiger charge is -2.11. The maximum absolute atomic E-state index is 11.9. The Morgan fingerprint density at radius 1 is 0.870 bits per heavy atom. The van der Waals surface area contributed by atoms with Gasteiger partial charge in [0.05, 0.1) is 22.0 Å². The number of carbonyl (C=O) groups excluding carboxylic acids is 1. The van der Waals surface area contributed by atoms with E-state index in [0.29, 0.717) is 21.4 Å². The van der Waals surface area contributed by atoms with Gasteiger partial charge in [-0.05, 0) is 48.5 Å². The maximum atomic E-state index is 11.9. The molecule has 1 heterocycles. The van der Waals surface area contributed by atoms with Crippen molar-refractivity contribution in [3.05, 3.63) is 76.7 Å². The van der Waals surface area contributed by atoms with Crippen LogP contribution in [0.3, 0.4) is 0 Å². The van der Waals surface area contributed by atoms with Crippen LogP contribution in [0.25, 0.3) is 0 Å². The number of hydrogen-bond acceptors (Lipinski definition) is 3. The van der Waals surface area contributed by atoms with Crippen LogP contribution in [-0.4, -0.2) is 5.91 Å². The molecule has 0 aliphatic rings. The number of nitrogens with one attached hydrogen (secondary N) is 2. The van der Waals surface area contributed by atoms with Crippen molar-refractivity contribution < 1.29 is 9.21 Å². The lowest BCUT2D eigenvalue weighted by molar-refractivity contribution is 0.0996. The smallest absolute Gasteiger partial charge is 0.291 e. The molecule has 0 aliphatic carbocycles. The molecule has 0 bridgehead atoms. The zero-order chi connectivity index (χ0) is 16.2. The quantitative estimate of drug-likeness (QED) is 0.648. The number of furan rings is 1. The molecule has 0 fully saturated rings. The number of para-hydroxylation sites is 1. The molecule has 6 heteroatoms. The van der Waals surface area contributed by atoms with Crippen LogP contribution in [0.5, 0.6) is 0 Å². The molecule has 23 heavy (non-hydrogen) atoms. The summed E-state index contributed by atoms with van der Waals surface area (Å²) in [6, 6.07) is 15.7. The molecule has 2 aromatic carbocycles. The van der Waals surface area contributed by atoms with E-state index in [1.165, 1.54) is 6.26 Å². The van der Waals surface area contributed by atoms with Gasteiger partial charge in [0, 0.05) is 11.4 Å². The Morgan fingerprint density at radius 3 is 2.13 bits per heavy atom. The third-order valence-electron chi connectivity index (χ3n) is 3.12. The maximum Gasteiger partial charge on any atom is 0.291 e. The molecule has 3 aromatic rings. The molecule has 0 saturated carbocycles. The van der Waals surface area contributed by atoms with Gasteiger partial charge in [-0.3, -0.25) is 4.79 Å². The highest BCUT2D eigenvalue weighted by molar-refractivity contribution is 6.39. The van der Waals surface area contributed by atoms with E-state index in [4.69, 9.17) is 27.6 Å². The van der Waals surface area contributed by atoms with E-state index in [-0.39, 0.29) is 11.7 Å². The average Bonchev–Trinajstić information content (AvgIpc) is 3.07. The third-order valence-corrected chi connectivity index (χ3v) is 3.75. The monoisotopic (exact) mass is 346 g/mol. The fourth-order valence-electron chi connectivity index (χ4n) is 2.00. The first kappa shape index (κ1) is 15.5. The van der Waals surface area contributed by atoms with Gasteiger partial charge >= 0.3 is 0 Å². The molecule has 3 rings (SSSR count). The minimum Gasteiger partial charge on any atom is -0.459 e. The summed E-state index contributed by atoms with van der Waals surface area (Å²) in [6.45, 7) is 0. The molecular weight excluding hydrogens is 335 g/mol. The summed E-state index contributed by atoms with van der Waals surface area (Å²) in [6.07, 6.45) is 1.45. The van der Waals surface area contributed by atoms with Crippen LogP contribution >= 0.6 is 23.2 Å². The number of anilines is 3. The van der Waals surface area contributed by atoms with Gasteiger partial charge in [-0.25, -0.2) is 0 Å². The lowest BCUT2D eigenvalue weighted by atomic mass is 10.2. The Balaban J connectivity index is 1.71. The minimum absolute atomic E-state index is 0.259. The number of benzene rings is 2. The summed E-state index contributed by atoms with van der Waals surface area (Å²) in [5.74, 6) is -0.0418. The SMILES string of the molecule is O=C(Nc1ccc(Nc2c(Cl)cccc2Cl)cc1)c1ccco1. The largest absolute Gasteiger partial charge is 0.459 e. The molecule has 0 unspecified atom stereocenters. The Labute approximate surface area is 143 Å². The van der Waals surface area contributed by atoms with E-state index in [9.17, 15) is 4.79 Å². The second kappa shape index (κ2) is 6.77. The number of halogens is 2. The van der Waals surface area contributed by atoms with Gasteiger partial charge in [0.1, 0.15) is 0 Å². The van der Waals surface area contributed by atoms with Gasteiger partial charge in [0.15, 0.2) is 5.76 Å². The zero-order valence-electron chi connectivity index (χ0n) is 11.8. The van der Waals surface area contributed by atoms with Gasteiger partial charge in [0.25, 0.3) is 5.91 Å². The van der Waals surface area contributed by atoms with E-state index in [1.807, 2.05) is 12.1 Å². The highest BCUT2D eigenvalue weighted by Gasteiger charge is 2.09. The fourth-order valence-corrected chi connectivity index (χ4v) is 2.49. The second-order valence-corrected chi connectivity index (χ2v) is 5.54. The van der Waals surface area contributed by atoms with Crippen molar-refractivity contribution in [2.75, 3.05) is 10.6 Å². The summed E-state index contributed by atoms with van der Waals surface area (Å²) in [5, 5.41) is 6.97. The first-order valence-electron chi connectivity index (χ1n) is 6.79. The molecule has 4 nitrogen and oxygen atoms in total. The van der Waals surface area contributed by atoms with Crippen LogP contribution < -0.4 is 10.6 Å². The van der Waals surface area contributed by atoms with Crippen molar-refractivity contribution in [2.45, 2.75) is 0 Å². The summed E-state index contributed by atoms with van der Waals surface area (Å²) in [7, 11) is 0. The fraction of sp³-hybridized carbons (Fsp3) is 0. The van der Waals surface area contributed by atoms with E-state index in [2.05, 4.69) is 10.6 Å². The van der Waals surface area contributed by atoms with Gasteiger partial charge in [-0.2, -0.15) is 0 Å². The van der Waals surface area contributed by atoms with E-state index >= 15 is 0 Å². The zero-order valence-corrected chi connectivity index (χ0v) is 13.4. The van der Waals surface area contributed by atoms with Crippen molar-refractivity contribution in [1.29, 1.82) is 0 Å². The van der Waals surface area contributed by atoms with Crippen LogP contribution in [0.1, 0.15) is 10.6 Å². The second-order valence-electron chi connectivity index (χ2n) is 4.73. The van der Waals surface area contributed by atoms with Crippen LogP contribution in [0.15, 0.2) is 65.3 Å². The molecule has 0 spiro atoms. The van der Waals surface area contributed by atoms with Crippen molar-refractivity contribution in [3.8, 4) is 0 Å². The lowest BCUT2D eigenvalue weighted by Crippen LogP contribution is -2.10. The number of hydrogen-bond donors (Lipinski definition) is 2. The highest BCUT2D eigenvalue weighted by Crippen LogP contribution is 2.32. The van der Waals surface area contributed by atoms with Crippen molar-refractivity contribution >= 4 is 46.2 Å².